The average Bonchev–Trinajstić information content (AvgIpc) is 2.43. The summed E-state index contributed by atoms with van der Waals surface area (Å²) in [5.74, 6) is 2.04. The van der Waals surface area contributed by atoms with Gasteiger partial charge in [-0.25, -0.2) is 9.97 Å². The van der Waals surface area contributed by atoms with Gasteiger partial charge in [-0.05, 0) is 31.4 Å². The van der Waals surface area contributed by atoms with Crippen LogP contribution in [-0.2, 0) is 0 Å². The SMILES string of the molecule is COc1cnc(-c2ccccn2)nc1NC1CCC1. The maximum absolute atomic E-state index is 5.30. The topological polar surface area (TPSA) is 59.9 Å². The van der Waals surface area contributed by atoms with E-state index in [-0.39, 0.29) is 0 Å². The molecular formula is C14H16N4O. The quantitative estimate of drug-likeness (QED) is 0.910. The number of methoxy groups -OCH3 is 1. The molecule has 0 aromatic carbocycles. The van der Waals surface area contributed by atoms with E-state index in [0.29, 0.717) is 17.6 Å². The van der Waals surface area contributed by atoms with Gasteiger partial charge >= 0.3 is 0 Å². The van der Waals surface area contributed by atoms with Gasteiger partial charge in [0.15, 0.2) is 17.4 Å². The number of rotatable bonds is 4. The third kappa shape index (κ3) is 2.50. The van der Waals surface area contributed by atoms with Crippen LogP contribution in [0.15, 0.2) is 30.6 Å². The van der Waals surface area contributed by atoms with Crippen molar-refractivity contribution in [1.29, 1.82) is 0 Å². The molecule has 2 aromatic rings. The molecule has 2 heterocycles. The highest BCUT2D eigenvalue weighted by Crippen LogP contribution is 2.28. The van der Waals surface area contributed by atoms with Crippen LogP contribution in [0.2, 0.25) is 0 Å². The second-order valence-corrected chi connectivity index (χ2v) is 4.60. The van der Waals surface area contributed by atoms with Crippen LogP contribution >= 0.6 is 0 Å². The van der Waals surface area contributed by atoms with Gasteiger partial charge in [0, 0.05) is 12.2 Å². The number of anilines is 1. The van der Waals surface area contributed by atoms with Crippen LogP contribution < -0.4 is 10.1 Å². The predicted octanol–water partition coefficient (Wildman–Crippen LogP) is 2.51. The van der Waals surface area contributed by atoms with E-state index in [4.69, 9.17) is 4.74 Å². The summed E-state index contributed by atoms with van der Waals surface area (Å²) in [6.07, 6.45) is 7.08. The predicted molar refractivity (Wildman–Crippen MR) is 73.1 cm³/mol. The Morgan fingerprint density at radius 1 is 1.26 bits per heavy atom. The van der Waals surface area contributed by atoms with Crippen molar-refractivity contribution in [3.63, 3.8) is 0 Å². The molecule has 0 amide bonds. The highest BCUT2D eigenvalue weighted by molar-refractivity contribution is 5.57. The maximum Gasteiger partial charge on any atom is 0.180 e. The molecule has 1 fully saturated rings. The van der Waals surface area contributed by atoms with E-state index >= 15 is 0 Å². The molecule has 0 bridgehead atoms. The van der Waals surface area contributed by atoms with Crippen LogP contribution in [0, 0.1) is 0 Å². The van der Waals surface area contributed by atoms with Crippen LogP contribution in [0.3, 0.4) is 0 Å². The lowest BCUT2D eigenvalue weighted by Crippen LogP contribution is -2.27. The third-order valence-corrected chi connectivity index (χ3v) is 3.32. The first kappa shape index (κ1) is 11.9. The van der Waals surface area contributed by atoms with Crippen molar-refractivity contribution in [2.75, 3.05) is 12.4 Å². The van der Waals surface area contributed by atoms with Gasteiger partial charge in [-0.3, -0.25) is 4.98 Å². The number of hydrogen-bond donors (Lipinski definition) is 1. The second kappa shape index (κ2) is 5.22. The molecule has 1 aliphatic rings. The van der Waals surface area contributed by atoms with E-state index in [1.54, 1.807) is 19.5 Å². The Morgan fingerprint density at radius 3 is 2.79 bits per heavy atom. The first-order valence-electron chi connectivity index (χ1n) is 6.46. The molecular weight excluding hydrogens is 240 g/mol. The van der Waals surface area contributed by atoms with Gasteiger partial charge in [0.05, 0.1) is 13.3 Å². The smallest absolute Gasteiger partial charge is 0.180 e. The molecule has 1 N–H and O–H groups in total. The average molecular weight is 256 g/mol. The van der Waals surface area contributed by atoms with E-state index in [1.165, 1.54) is 19.3 Å². The third-order valence-electron chi connectivity index (χ3n) is 3.32. The van der Waals surface area contributed by atoms with Crippen molar-refractivity contribution < 1.29 is 4.74 Å². The van der Waals surface area contributed by atoms with Crippen molar-refractivity contribution in [2.24, 2.45) is 0 Å². The van der Waals surface area contributed by atoms with Crippen molar-refractivity contribution in [2.45, 2.75) is 25.3 Å². The van der Waals surface area contributed by atoms with Gasteiger partial charge in [-0.1, -0.05) is 6.07 Å². The second-order valence-electron chi connectivity index (χ2n) is 4.60. The molecule has 19 heavy (non-hydrogen) atoms. The minimum atomic E-state index is 0.500. The number of aromatic nitrogens is 3. The monoisotopic (exact) mass is 256 g/mol. The van der Waals surface area contributed by atoms with E-state index in [9.17, 15) is 0 Å². The van der Waals surface area contributed by atoms with Crippen molar-refractivity contribution >= 4 is 5.82 Å². The fraction of sp³-hybridized carbons (Fsp3) is 0.357. The molecule has 5 heteroatoms. The fourth-order valence-electron chi connectivity index (χ4n) is 1.99. The Kier molecular flexibility index (Phi) is 3.27. The van der Waals surface area contributed by atoms with Crippen molar-refractivity contribution in [1.82, 2.24) is 15.0 Å². The molecule has 1 aliphatic carbocycles. The molecule has 3 rings (SSSR count). The van der Waals surface area contributed by atoms with Crippen LogP contribution in [-0.4, -0.2) is 28.1 Å². The Hall–Kier alpha value is -2.17. The minimum absolute atomic E-state index is 0.500. The molecule has 2 aromatic heterocycles. The molecule has 0 unspecified atom stereocenters. The first-order valence-corrected chi connectivity index (χ1v) is 6.46. The lowest BCUT2D eigenvalue weighted by Gasteiger charge is -2.27. The van der Waals surface area contributed by atoms with E-state index in [2.05, 4.69) is 20.3 Å². The number of ether oxygens (including phenoxy) is 1. The first-order chi connectivity index (χ1) is 9.36. The van der Waals surface area contributed by atoms with E-state index < -0.39 is 0 Å². The van der Waals surface area contributed by atoms with Gasteiger partial charge in [0.2, 0.25) is 0 Å². The summed E-state index contributed by atoms with van der Waals surface area (Å²) in [7, 11) is 1.63. The summed E-state index contributed by atoms with van der Waals surface area (Å²) >= 11 is 0. The molecule has 0 spiro atoms. The van der Waals surface area contributed by atoms with Gasteiger partial charge in [-0.2, -0.15) is 0 Å². The van der Waals surface area contributed by atoms with Crippen molar-refractivity contribution in [3.05, 3.63) is 30.6 Å². The Bertz CT molecular complexity index is 555. The lowest BCUT2D eigenvalue weighted by molar-refractivity contribution is 0.405. The summed E-state index contributed by atoms with van der Waals surface area (Å²) < 4.78 is 5.30. The van der Waals surface area contributed by atoms with Gasteiger partial charge in [0.25, 0.3) is 0 Å². The molecule has 0 atom stereocenters. The van der Waals surface area contributed by atoms with Crippen LogP contribution in [0.4, 0.5) is 5.82 Å². The van der Waals surface area contributed by atoms with E-state index in [1.807, 2.05) is 18.2 Å². The van der Waals surface area contributed by atoms with Crippen molar-refractivity contribution in [3.8, 4) is 17.3 Å². The highest BCUT2D eigenvalue weighted by Gasteiger charge is 2.20. The largest absolute Gasteiger partial charge is 0.491 e. The van der Waals surface area contributed by atoms with Crippen LogP contribution in [0.25, 0.3) is 11.5 Å². The Balaban J connectivity index is 1.92. The molecule has 0 aliphatic heterocycles. The molecule has 98 valence electrons. The van der Waals surface area contributed by atoms with Gasteiger partial charge in [-0.15, -0.1) is 0 Å². The number of nitrogens with zero attached hydrogens (tertiary/aromatic N) is 3. The number of nitrogens with one attached hydrogen (secondary N) is 1. The standard InChI is InChI=1S/C14H16N4O/c1-19-12-9-16-13(11-7-2-3-8-15-11)18-14(12)17-10-5-4-6-10/h2-3,7-10H,4-6H2,1H3,(H,16,17,18). The summed E-state index contributed by atoms with van der Waals surface area (Å²) in [5, 5.41) is 3.40. The van der Waals surface area contributed by atoms with Crippen LogP contribution in [0.5, 0.6) is 5.75 Å². The molecule has 0 saturated heterocycles. The van der Waals surface area contributed by atoms with Gasteiger partial charge in [0.1, 0.15) is 5.69 Å². The molecule has 0 radical (unpaired) electrons. The maximum atomic E-state index is 5.30. The fourth-order valence-corrected chi connectivity index (χ4v) is 1.99. The Morgan fingerprint density at radius 2 is 2.16 bits per heavy atom. The zero-order chi connectivity index (χ0) is 13.1. The summed E-state index contributed by atoms with van der Waals surface area (Å²) in [5.41, 5.74) is 0.766. The number of hydrogen-bond acceptors (Lipinski definition) is 5. The zero-order valence-corrected chi connectivity index (χ0v) is 10.8. The Labute approximate surface area is 112 Å². The minimum Gasteiger partial charge on any atom is -0.491 e. The number of pyridine rings is 1. The summed E-state index contributed by atoms with van der Waals surface area (Å²) in [4.78, 5) is 13.1. The lowest BCUT2D eigenvalue weighted by atomic mass is 9.93. The summed E-state index contributed by atoms with van der Waals surface area (Å²) in [6.45, 7) is 0. The van der Waals surface area contributed by atoms with Gasteiger partial charge < -0.3 is 10.1 Å². The molecule has 5 nitrogen and oxygen atoms in total. The normalized spacial score (nSPS) is 14.8. The molecule has 1 saturated carbocycles. The van der Waals surface area contributed by atoms with E-state index in [0.717, 1.165) is 11.5 Å². The zero-order valence-electron chi connectivity index (χ0n) is 10.8. The summed E-state index contributed by atoms with van der Waals surface area (Å²) in [6, 6.07) is 6.20. The highest BCUT2D eigenvalue weighted by atomic mass is 16.5. The van der Waals surface area contributed by atoms with Crippen LogP contribution in [0.1, 0.15) is 19.3 Å².